The second-order valence-corrected chi connectivity index (χ2v) is 5.04. The molecule has 1 aromatic rings. The summed E-state index contributed by atoms with van der Waals surface area (Å²) < 4.78 is 30.7. The van der Waals surface area contributed by atoms with Crippen LogP contribution < -0.4 is 4.74 Å². The Morgan fingerprint density at radius 3 is 2.27 bits per heavy atom. The highest BCUT2D eigenvalue weighted by molar-refractivity contribution is 14.1. The zero-order valence-corrected chi connectivity index (χ0v) is 12.3. The molecule has 0 heterocycles. The Balaban J connectivity index is 2.87. The van der Waals surface area contributed by atoms with Crippen molar-refractivity contribution in [3.8, 4) is 5.75 Å². The lowest BCUT2D eigenvalue weighted by atomic mass is 10.1. The molecule has 0 spiro atoms. The molecule has 0 bridgehead atoms. The molecule has 15 heavy (non-hydrogen) atoms. The predicted octanol–water partition coefficient (Wildman–Crippen LogP) is 4.24. The third kappa shape index (κ3) is 3.40. The van der Waals surface area contributed by atoms with Crippen LogP contribution in [0.1, 0.15) is 9.49 Å². The fourth-order valence-electron chi connectivity index (χ4n) is 1.08. The number of halogens is 4. The van der Waals surface area contributed by atoms with Gasteiger partial charge in [0.2, 0.25) is 0 Å². The topological polar surface area (TPSA) is 9.23 Å². The predicted molar refractivity (Wildman–Crippen MR) is 73.6 cm³/mol. The molecule has 0 saturated carbocycles. The van der Waals surface area contributed by atoms with E-state index in [-0.39, 0.29) is 4.43 Å². The van der Waals surface area contributed by atoms with E-state index in [9.17, 15) is 8.78 Å². The Labute approximate surface area is 115 Å². The van der Waals surface area contributed by atoms with E-state index in [1.165, 1.54) is 0 Å². The average Bonchev–Trinajstić information content (AvgIpc) is 2.28. The maximum absolute atomic E-state index is 13.4. The van der Waals surface area contributed by atoms with Gasteiger partial charge in [-0.1, -0.05) is 57.3 Å². The molecule has 84 valence electrons. The number of rotatable bonds is 4. The maximum atomic E-state index is 13.4. The van der Waals surface area contributed by atoms with Crippen molar-refractivity contribution in [3.05, 3.63) is 29.8 Å². The summed E-state index contributed by atoms with van der Waals surface area (Å²) in [6.07, 6.45) is 0. The molecule has 1 rings (SSSR count). The van der Waals surface area contributed by atoms with E-state index >= 15 is 0 Å². The first-order chi connectivity index (χ1) is 7.01. The lowest BCUT2D eigenvalue weighted by Crippen LogP contribution is -2.23. The monoisotopic (exact) mass is 438 g/mol. The van der Waals surface area contributed by atoms with Crippen molar-refractivity contribution in [2.45, 2.75) is 9.85 Å². The number of hydrogen-bond acceptors (Lipinski definition) is 1. The van der Waals surface area contributed by atoms with Crippen LogP contribution in [0.3, 0.4) is 0 Å². The first-order valence-electron chi connectivity index (χ1n) is 4.23. The molecule has 1 unspecified atom stereocenters. The highest BCUT2D eigenvalue weighted by Crippen LogP contribution is 2.40. The summed E-state index contributed by atoms with van der Waals surface area (Å²) in [5.41, 5.74) is 0.623. The summed E-state index contributed by atoms with van der Waals surface area (Å²) in [5.74, 6) is -1.99. The van der Waals surface area contributed by atoms with Crippen LogP contribution in [0, 0.1) is 0 Å². The molecule has 0 radical (unpaired) electrons. The molecule has 0 aliphatic rings. The number of alkyl halides is 4. The van der Waals surface area contributed by atoms with Gasteiger partial charge in [0.25, 0.3) is 5.92 Å². The highest BCUT2D eigenvalue weighted by Gasteiger charge is 2.37. The number of ether oxygens (including phenoxy) is 1. The smallest absolute Gasteiger partial charge is 0.272 e. The van der Waals surface area contributed by atoms with Crippen molar-refractivity contribution in [1.82, 2.24) is 0 Å². The lowest BCUT2D eigenvalue weighted by Gasteiger charge is -2.20. The van der Waals surface area contributed by atoms with E-state index in [1.807, 2.05) is 0 Å². The summed E-state index contributed by atoms with van der Waals surface area (Å²) in [6, 6.07) is 6.75. The molecule has 5 heteroatoms. The Morgan fingerprint density at radius 1 is 1.33 bits per heavy atom. The largest absolute Gasteiger partial charge is 0.497 e. The summed E-state index contributed by atoms with van der Waals surface area (Å²) in [7, 11) is 1.55. The molecule has 1 nitrogen and oxygen atoms in total. The van der Waals surface area contributed by atoms with Crippen LogP contribution in [0.2, 0.25) is 0 Å². The minimum atomic E-state index is -2.67. The van der Waals surface area contributed by atoms with Crippen molar-refractivity contribution in [1.29, 1.82) is 0 Å². The molecule has 1 aromatic carbocycles. The van der Waals surface area contributed by atoms with Crippen LogP contribution in [-0.4, -0.2) is 17.5 Å². The standard InChI is InChI=1S/C10H10F2I2O/c1-15-8-4-2-7(3-5-8)9(14)10(11,12)6-13/h2-5,9H,6H2,1H3. The lowest BCUT2D eigenvalue weighted by molar-refractivity contribution is 0.0328. The average molecular weight is 438 g/mol. The number of benzene rings is 1. The Bertz CT molecular complexity index is 314. The molecule has 0 amide bonds. The molecule has 0 aliphatic heterocycles. The summed E-state index contributed by atoms with van der Waals surface area (Å²) in [5, 5.41) is 0. The molecule has 1 atom stereocenters. The fraction of sp³-hybridized carbons (Fsp3) is 0.400. The van der Waals surface area contributed by atoms with E-state index in [0.29, 0.717) is 11.3 Å². The molecular formula is C10H10F2I2O. The normalized spacial score (nSPS) is 13.7. The Kier molecular flexibility index (Phi) is 5.01. The first-order valence-corrected chi connectivity index (χ1v) is 7.00. The van der Waals surface area contributed by atoms with Gasteiger partial charge >= 0.3 is 0 Å². The molecule has 0 aliphatic carbocycles. The van der Waals surface area contributed by atoms with Crippen molar-refractivity contribution >= 4 is 45.2 Å². The SMILES string of the molecule is COc1ccc(C(I)C(F)(F)CI)cc1. The van der Waals surface area contributed by atoms with Crippen molar-refractivity contribution < 1.29 is 13.5 Å². The van der Waals surface area contributed by atoms with Gasteiger partial charge in [-0.3, -0.25) is 0 Å². The first kappa shape index (κ1) is 13.4. The zero-order valence-electron chi connectivity index (χ0n) is 8.01. The highest BCUT2D eigenvalue weighted by atomic mass is 127. The van der Waals surface area contributed by atoms with Gasteiger partial charge in [-0.2, -0.15) is 0 Å². The van der Waals surface area contributed by atoms with Crippen LogP contribution in [-0.2, 0) is 0 Å². The van der Waals surface area contributed by atoms with Crippen molar-refractivity contribution in [2.24, 2.45) is 0 Å². The van der Waals surface area contributed by atoms with Gasteiger partial charge in [0.1, 0.15) is 9.67 Å². The van der Waals surface area contributed by atoms with Gasteiger partial charge in [-0.05, 0) is 17.7 Å². The van der Waals surface area contributed by atoms with Gasteiger partial charge in [0.15, 0.2) is 0 Å². The van der Waals surface area contributed by atoms with E-state index in [0.717, 1.165) is 0 Å². The minimum absolute atomic E-state index is 0.176. The van der Waals surface area contributed by atoms with E-state index in [1.54, 1.807) is 76.6 Å². The summed E-state index contributed by atoms with van der Waals surface area (Å²) in [6.45, 7) is 0. The third-order valence-corrected chi connectivity index (χ3v) is 4.60. The van der Waals surface area contributed by atoms with E-state index < -0.39 is 9.85 Å². The molecule has 0 aromatic heterocycles. The Hall–Kier alpha value is 0.340. The second-order valence-electron chi connectivity index (χ2n) is 3.03. The van der Waals surface area contributed by atoms with Gasteiger partial charge < -0.3 is 4.74 Å². The van der Waals surface area contributed by atoms with Crippen LogP contribution in [0.25, 0.3) is 0 Å². The second kappa shape index (κ2) is 5.60. The van der Waals surface area contributed by atoms with E-state index in [2.05, 4.69) is 0 Å². The van der Waals surface area contributed by atoms with E-state index in [4.69, 9.17) is 4.74 Å². The Morgan fingerprint density at radius 2 is 1.87 bits per heavy atom. The van der Waals surface area contributed by atoms with Crippen LogP contribution in [0.4, 0.5) is 8.78 Å². The fourth-order valence-corrected chi connectivity index (χ4v) is 3.00. The van der Waals surface area contributed by atoms with Gasteiger partial charge in [-0.25, -0.2) is 8.78 Å². The van der Waals surface area contributed by atoms with Crippen LogP contribution in [0.5, 0.6) is 5.75 Å². The van der Waals surface area contributed by atoms with Crippen molar-refractivity contribution in [3.63, 3.8) is 0 Å². The minimum Gasteiger partial charge on any atom is -0.497 e. The van der Waals surface area contributed by atoms with Gasteiger partial charge in [0.05, 0.1) is 11.5 Å². The quantitative estimate of drug-likeness (QED) is 0.505. The summed E-state index contributed by atoms with van der Waals surface area (Å²) in [4.78, 5) is 0. The maximum Gasteiger partial charge on any atom is 0.272 e. The number of hydrogen-bond donors (Lipinski definition) is 0. The van der Waals surface area contributed by atoms with Gasteiger partial charge in [-0.15, -0.1) is 0 Å². The zero-order chi connectivity index (χ0) is 11.5. The molecule has 0 saturated heterocycles. The van der Waals surface area contributed by atoms with Crippen molar-refractivity contribution in [2.75, 3.05) is 11.5 Å². The summed E-state index contributed by atoms with van der Waals surface area (Å²) >= 11 is 3.49. The third-order valence-electron chi connectivity index (χ3n) is 1.96. The molecular weight excluding hydrogens is 428 g/mol. The molecule has 0 fully saturated rings. The molecule has 0 N–H and O–H groups in total. The van der Waals surface area contributed by atoms with Crippen LogP contribution in [0.15, 0.2) is 24.3 Å². The van der Waals surface area contributed by atoms with Crippen LogP contribution >= 0.6 is 45.2 Å². The van der Waals surface area contributed by atoms with Gasteiger partial charge in [0, 0.05) is 0 Å². The number of methoxy groups -OCH3 is 1.